The maximum atomic E-state index is 12.2. The number of ketones is 1. The summed E-state index contributed by atoms with van der Waals surface area (Å²) in [4.78, 5) is 39.6. The molecular weight excluding hydrogens is 458 g/mol. The molecular formula is C25H25N9O2. The molecule has 0 saturated heterocycles. The van der Waals surface area contributed by atoms with E-state index in [1.165, 1.54) is 0 Å². The summed E-state index contributed by atoms with van der Waals surface area (Å²) in [5.41, 5.74) is 10.9. The molecule has 182 valence electrons. The second-order valence-electron chi connectivity index (χ2n) is 9.17. The third-order valence-corrected chi connectivity index (χ3v) is 6.81. The lowest BCUT2D eigenvalue weighted by molar-refractivity contribution is -0.130. The molecule has 11 heteroatoms. The Bertz CT molecular complexity index is 1560. The topological polar surface area (TPSA) is 144 Å². The summed E-state index contributed by atoms with van der Waals surface area (Å²) in [6, 6.07) is 5.78. The third-order valence-electron chi connectivity index (χ3n) is 6.81. The molecule has 0 radical (unpaired) electrons. The Labute approximate surface area is 206 Å². The molecule has 2 aliphatic heterocycles. The number of nitrogens with two attached hydrogens (primary N) is 1. The Morgan fingerprint density at radius 3 is 2.81 bits per heavy atom. The number of amides is 1. The van der Waals surface area contributed by atoms with Gasteiger partial charge in [0.1, 0.15) is 23.9 Å². The van der Waals surface area contributed by atoms with Crippen LogP contribution in [0.15, 0.2) is 30.6 Å². The minimum atomic E-state index is 0.0364. The van der Waals surface area contributed by atoms with Crippen molar-refractivity contribution in [3.05, 3.63) is 47.5 Å². The Kier molecular flexibility index (Phi) is 5.06. The van der Waals surface area contributed by atoms with E-state index in [1.807, 2.05) is 25.1 Å². The number of hydrogen-bond acceptors (Lipinski definition) is 9. The van der Waals surface area contributed by atoms with Crippen LogP contribution in [0.2, 0.25) is 0 Å². The number of likely N-dealkylation sites (N-methyl/N-ethyl adjacent to an activating group) is 1. The Morgan fingerprint density at radius 1 is 1.08 bits per heavy atom. The zero-order chi connectivity index (χ0) is 25.0. The average Bonchev–Trinajstić information content (AvgIpc) is 3.17. The van der Waals surface area contributed by atoms with E-state index in [4.69, 9.17) is 5.73 Å². The molecule has 0 fully saturated rings. The van der Waals surface area contributed by atoms with Gasteiger partial charge in [0, 0.05) is 68.1 Å². The van der Waals surface area contributed by atoms with E-state index in [0.29, 0.717) is 48.4 Å². The van der Waals surface area contributed by atoms with Crippen molar-refractivity contribution in [1.82, 2.24) is 29.6 Å². The highest BCUT2D eigenvalue weighted by molar-refractivity contribution is 6.03. The molecule has 6 rings (SSSR count). The van der Waals surface area contributed by atoms with Crippen LogP contribution in [0.25, 0.3) is 22.0 Å². The molecule has 0 atom stereocenters. The van der Waals surface area contributed by atoms with Gasteiger partial charge in [0.2, 0.25) is 5.91 Å². The van der Waals surface area contributed by atoms with Gasteiger partial charge in [-0.15, -0.1) is 0 Å². The van der Waals surface area contributed by atoms with Crippen molar-refractivity contribution < 1.29 is 9.59 Å². The van der Waals surface area contributed by atoms with Crippen molar-refractivity contribution in [2.24, 2.45) is 0 Å². The van der Waals surface area contributed by atoms with E-state index in [2.05, 4.69) is 30.7 Å². The van der Waals surface area contributed by atoms with Crippen molar-refractivity contribution in [1.29, 1.82) is 0 Å². The summed E-state index contributed by atoms with van der Waals surface area (Å²) in [6.45, 7) is 3.43. The normalized spacial score (nSPS) is 15.3. The van der Waals surface area contributed by atoms with Gasteiger partial charge in [-0.3, -0.25) is 19.3 Å². The van der Waals surface area contributed by atoms with Crippen molar-refractivity contribution in [2.45, 2.75) is 26.3 Å². The van der Waals surface area contributed by atoms with Crippen molar-refractivity contribution >= 4 is 45.6 Å². The average molecular weight is 484 g/mol. The van der Waals surface area contributed by atoms with E-state index < -0.39 is 0 Å². The number of carbonyl (C=O) groups excluding carboxylic acids is 2. The van der Waals surface area contributed by atoms with Gasteiger partial charge in [-0.25, -0.2) is 9.97 Å². The Morgan fingerprint density at radius 2 is 1.94 bits per heavy atom. The van der Waals surface area contributed by atoms with Gasteiger partial charge < -0.3 is 21.3 Å². The first-order valence-electron chi connectivity index (χ1n) is 11.8. The molecule has 0 bridgehead atoms. The minimum Gasteiger partial charge on any atom is -0.383 e. The van der Waals surface area contributed by atoms with E-state index in [-0.39, 0.29) is 18.2 Å². The largest absolute Gasteiger partial charge is 0.383 e. The summed E-state index contributed by atoms with van der Waals surface area (Å²) in [6.07, 6.45) is 4.55. The van der Waals surface area contributed by atoms with Crippen molar-refractivity contribution in [2.75, 3.05) is 36.5 Å². The van der Waals surface area contributed by atoms with Gasteiger partial charge >= 0.3 is 0 Å². The van der Waals surface area contributed by atoms with Gasteiger partial charge in [0.05, 0.1) is 11.4 Å². The quantitative estimate of drug-likeness (QED) is 0.400. The number of carbonyl (C=O) groups is 2. The SMILES string of the molecule is Cc1c(-c2cc3cc(Nc4cc5n(n4)CC(=O)N(C)CC5)ncc3c(N)n2)cnc2c1NCCC2=O. The van der Waals surface area contributed by atoms with Gasteiger partial charge in [0.25, 0.3) is 0 Å². The van der Waals surface area contributed by atoms with Gasteiger partial charge in [0.15, 0.2) is 11.6 Å². The van der Waals surface area contributed by atoms with Crippen LogP contribution in [0.3, 0.4) is 0 Å². The summed E-state index contributed by atoms with van der Waals surface area (Å²) >= 11 is 0. The number of hydrogen-bond donors (Lipinski definition) is 3. The molecule has 4 aromatic rings. The molecule has 36 heavy (non-hydrogen) atoms. The first-order chi connectivity index (χ1) is 17.4. The molecule has 0 unspecified atom stereocenters. The van der Waals surface area contributed by atoms with Gasteiger partial charge in [-0.2, -0.15) is 5.10 Å². The van der Waals surface area contributed by atoms with Crippen LogP contribution in [0.5, 0.6) is 0 Å². The standard InChI is InChI=1S/C25H25N9O2/c1-13-16(10-29-24-19(35)3-5-27-23(13)24)18-7-14-8-20(28-11-17(14)25(26)30-18)31-21-9-15-4-6-33(2)22(36)12-34(15)32-21/h7-11,27H,3-6,12H2,1-2H3,(H2,26,30)(H,28,31,32). The fourth-order valence-electron chi connectivity index (χ4n) is 4.73. The summed E-state index contributed by atoms with van der Waals surface area (Å²) in [7, 11) is 1.81. The first kappa shape index (κ1) is 22.0. The molecule has 0 saturated carbocycles. The number of nitrogens with zero attached hydrogens (tertiary/aromatic N) is 6. The maximum absolute atomic E-state index is 12.2. The Balaban J connectivity index is 1.34. The summed E-state index contributed by atoms with van der Waals surface area (Å²) in [5, 5.41) is 12.7. The number of anilines is 4. The summed E-state index contributed by atoms with van der Waals surface area (Å²) in [5.74, 6) is 1.66. The van der Waals surface area contributed by atoms with Crippen LogP contribution in [-0.2, 0) is 17.8 Å². The molecule has 0 aromatic carbocycles. The number of aromatic nitrogens is 5. The molecule has 4 aromatic heterocycles. The highest BCUT2D eigenvalue weighted by Gasteiger charge is 2.23. The Hall–Kier alpha value is -4.54. The van der Waals surface area contributed by atoms with Crippen LogP contribution in [0.1, 0.15) is 28.2 Å². The monoisotopic (exact) mass is 483 g/mol. The lowest BCUT2D eigenvalue weighted by Crippen LogP contribution is -2.29. The number of nitrogens with one attached hydrogen (secondary N) is 2. The minimum absolute atomic E-state index is 0.0364. The number of pyridine rings is 3. The maximum Gasteiger partial charge on any atom is 0.244 e. The van der Waals surface area contributed by atoms with Crippen LogP contribution in [0, 0.1) is 6.92 Å². The van der Waals surface area contributed by atoms with E-state index in [1.54, 1.807) is 29.0 Å². The highest BCUT2D eigenvalue weighted by atomic mass is 16.2. The number of fused-ring (bicyclic) bond motifs is 3. The van der Waals surface area contributed by atoms with Crippen LogP contribution >= 0.6 is 0 Å². The third kappa shape index (κ3) is 3.69. The predicted molar refractivity (Wildman–Crippen MR) is 136 cm³/mol. The van der Waals surface area contributed by atoms with Crippen LogP contribution in [0.4, 0.5) is 23.1 Å². The lowest BCUT2D eigenvalue weighted by Gasteiger charge is -2.20. The van der Waals surface area contributed by atoms with Gasteiger partial charge in [-0.1, -0.05) is 0 Å². The van der Waals surface area contributed by atoms with Crippen LogP contribution in [-0.4, -0.2) is 61.5 Å². The number of rotatable bonds is 3. The zero-order valence-electron chi connectivity index (χ0n) is 20.0. The van der Waals surface area contributed by atoms with Crippen molar-refractivity contribution in [3.8, 4) is 11.3 Å². The molecule has 6 heterocycles. The second-order valence-corrected chi connectivity index (χ2v) is 9.17. The zero-order valence-corrected chi connectivity index (χ0v) is 20.0. The highest BCUT2D eigenvalue weighted by Crippen LogP contribution is 2.34. The van der Waals surface area contributed by atoms with E-state index in [0.717, 1.165) is 39.7 Å². The predicted octanol–water partition coefficient (Wildman–Crippen LogP) is 2.54. The smallest absolute Gasteiger partial charge is 0.244 e. The molecule has 0 aliphatic carbocycles. The van der Waals surface area contributed by atoms with E-state index in [9.17, 15) is 9.59 Å². The molecule has 4 N–H and O–H groups in total. The first-order valence-corrected chi connectivity index (χ1v) is 11.8. The fourth-order valence-corrected chi connectivity index (χ4v) is 4.73. The second kappa shape index (κ2) is 8.29. The number of nitrogen functional groups attached to an aromatic ring is 1. The van der Waals surface area contributed by atoms with E-state index >= 15 is 0 Å². The van der Waals surface area contributed by atoms with Crippen molar-refractivity contribution in [3.63, 3.8) is 0 Å². The van der Waals surface area contributed by atoms with Crippen LogP contribution < -0.4 is 16.4 Å². The molecule has 1 amide bonds. The fraction of sp³-hybridized carbons (Fsp3) is 0.280. The summed E-state index contributed by atoms with van der Waals surface area (Å²) < 4.78 is 1.74. The number of Topliss-reactive ketones (excluding diaryl/α,β-unsaturated/α-hetero) is 1. The molecule has 2 aliphatic rings. The molecule has 11 nitrogen and oxygen atoms in total. The van der Waals surface area contributed by atoms with Gasteiger partial charge in [-0.05, 0) is 30.0 Å². The molecule has 0 spiro atoms. The lowest BCUT2D eigenvalue weighted by atomic mass is 9.99.